The smallest absolute Gasteiger partial charge is 0.0919 e. The lowest BCUT2D eigenvalue weighted by molar-refractivity contribution is 0.201. The van der Waals surface area contributed by atoms with Crippen molar-refractivity contribution in [2.45, 2.75) is 19.8 Å². The van der Waals surface area contributed by atoms with Gasteiger partial charge in [-0.1, -0.05) is 52.9 Å². The van der Waals surface area contributed by atoms with Gasteiger partial charge < -0.3 is 10.0 Å². The van der Waals surface area contributed by atoms with Gasteiger partial charge in [-0.2, -0.15) is 4.37 Å². The number of aliphatic hydroxyl groups is 1. The lowest BCUT2D eigenvalue weighted by Gasteiger charge is -2.17. The molecule has 1 heterocycles. The Kier molecular flexibility index (Phi) is 7.42. The normalized spacial score (nSPS) is 11.0. The van der Waals surface area contributed by atoms with E-state index in [1.807, 2.05) is 12.1 Å². The van der Waals surface area contributed by atoms with Gasteiger partial charge in [-0.3, -0.25) is 0 Å². The second-order valence-corrected chi connectivity index (χ2v) is 8.03. The van der Waals surface area contributed by atoms with Crippen LogP contribution in [0.4, 0.5) is 0 Å². The van der Waals surface area contributed by atoms with Crippen LogP contribution in [-0.4, -0.2) is 40.6 Å². The van der Waals surface area contributed by atoms with Crippen molar-refractivity contribution in [1.29, 1.82) is 0 Å². The fourth-order valence-corrected chi connectivity index (χ4v) is 4.06. The van der Waals surface area contributed by atoms with Crippen LogP contribution in [0.2, 0.25) is 0 Å². The summed E-state index contributed by atoms with van der Waals surface area (Å²) in [6.07, 6.45) is 1.89. The molecular formula is C22H23BrN2OS. The van der Waals surface area contributed by atoms with E-state index in [9.17, 15) is 0 Å². The van der Waals surface area contributed by atoms with Crippen LogP contribution in [0.25, 0.3) is 21.3 Å². The highest BCUT2D eigenvalue weighted by atomic mass is 79.9. The molecule has 3 nitrogen and oxygen atoms in total. The van der Waals surface area contributed by atoms with E-state index in [0.717, 1.165) is 53.8 Å². The Labute approximate surface area is 173 Å². The number of likely N-dealkylation sites (N-methyl/N-ethyl adjacent to an activating group) is 1. The van der Waals surface area contributed by atoms with E-state index in [1.165, 1.54) is 21.6 Å². The van der Waals surface area contributed by atoms with E-state index in [1.54, 1.807) is 0 Å². The van der Waals surface area contributed by atoms with Crippen molar-refractivity contribution < 1.29 is 5.11 Å². The Bertz CT molecular complexity index is 940. The van der Waals surface area contributed by atoms with E-state index in [-0.39, 0.29) is 6.61 Å². The van der Waals surface area contributed by atoms with Gasteiger partial charge in [-0.05, 0) is 55.3 Å². The Hall–Kier alpha value is -1.71. The van der Waals surface area contributed by atoms with Gasteiger partial charge in [0.25, 0.3) is 0 Å². The maximum atomic E-state index is 9.02. The lowest BCUT2D eigenvalue weighted by atomic mass is 10.1. The minimum Gasteiger partial charge on any atom is -0.395 e. The molecule has 0 bridgehead atoms. The molecule has 0 radical (unpaired) electrons. The number of benzene rings is 2. The number of hydrogen-bond acceptors (Lipinski definition) is 4. The number of fused-ring (bicyclic) bond motifs is 1. The summed E-state index contributed by atoms with van der Waals surface area (Å²) in [5.41, 5.74) is 3.20. The first-order chi connectivity index (χ1) is 13.2. The average Bonchev–Trinajstić information content (AvgIpc) is 3.10. The average molecular weight is 443 g/mol. The van der Waals surface area contributed by atoms with Gasteiger partial charge in [-0.25, -0.2) is 0 Å². The summed E-state index contributed by atoms with van der Waals surface area (Å²) in [4.78, 5) is 2.24. The second-order valence-electron chi connectivity index (χ2n) is 6.31. The van der Waals surface area contributed by atoms with Crippen LogP contribution < -0.4 is 0 Å². The number of rotatable bonds is 7. The lowest BCUT2D eigenvalue weighted by Crippen LogP contribution is -2.27. The molecule has 0 fully saturated rings. The molecule has 1 N–H and O–H groups in total. The highest BCUT2D eigenvalue weighted by molar-refractivity contribution is 9.10. The van der Waals surface area contributed by atoms with Crippen LogP contribution in [0, 0.1) is 11.8 Å². The quantitative estimate of drug-likeness (QED) is 0.404. The Balaban J connectivity index is 1.65. The van der Waals surface area contributed by atoms with Crippen LogP contribution in [-0.2, 0) is 0 Å². The topological polar surface area (TPSA) is 36.4 Å². The molecule has 0 saturated heterocycles. The summed E-state index contributed by atoms with van der Waals surface area (Å²) in [6, 6.07) is 14.6. The van der Waals surface area contributed by atoms with Gasteiger partial charge in [0.2, 0.25) is 0 Å². The van der Waals surface area contributed by atoms with Gasteiger partial charge in [0.15, 0.2) is 0 Å². The largest absolute Gasteiger partial charge is 0.395 e. The first kappa shape index (κ1) is 20.0. The van der Waals surface area contributed by atoms with E-state index in [4.69, 9.17) is 5.11 Å². The molecule has 0 unspecified atom stereocenters. The molecule has 2 aromatic carbocycles. The van der Waals surface area contributed by atoms with Crippen LogP contribution in [0.5, 0.6) is 0 Å². The maximum Gasteiger partial charge on any atom is 0.0919 e. The van der Waals surface area contributed by atoms with Crippen molar-refractivity contribution in [3.8, 4) is 23.1 Å². The highest BCUT2D eigenvalue weighted by Gasteiger charge is 2.08. The van der Waals surface area contributed by atoms with Gasteiger partial charge in [0, 0.05) is 34.0 Å². The maximum absolute atomic E-state index is 9.02. The molecular weight excluding hydrogens is 420 g/mol. The molecule has 0 amide bonds. The second kappa shape index (κ2) is 10.0. The van der Waals surface area contributed by atoms with E-state index >= 15 is 0 Å². The molecule has 0 spiro atoms. The van der Waals surface area contributed by atoms with Gasteiger partial charge >= 0.3 is 0 Å². The molecule has 0 aliphatic rings. The van der Waals surface area contributed by atoms with Gasteiger partial charge in [0.05, 0.1) is 17.0 Å². The zero-order valence-electron chi connectivity index (χ0n) is 15.4. The molecule has 27 heavy (non-hydrogen) atoms. The summed E-state index contributed by atoms with van der Waals surface area (Å²) in [5.74, 6) is 6.54. The minimum absolute atomic E-state index is 0.219. The minimum atomic E-state index is 0.219. The number of unbranched alkanes of at least 4 members (excludes halogenated alkanes) is 1. The zero-order chi connectivity index (χ0) is 19.1. The zero-order valence-corrected chi connectivity index (χ0v) is 17.8. The van der Waals surface area contributed by atoms with E-state index in [2.05, 4.69) is 74.3 Å². The first-order valence-electron chi connectivity index (χ1n) is 9.18. The highest BCUT2D eigenvalue weighted by Crippen LogP contribution is 2.31. The fourth-order valence-electron chi connectivity index (χ4n) is 2.96. The van der Waals surface area contributed by atoms with Gasteiger partial charge in [-0.15, -0.1) is 0 Å². The predicted octanol–water partition coefficient (Wildman–Crippen LogP) is 5.17. The monoisotopic (exact) mass is 442 g/mol. The molecule has 3 aromatic rings. The van der Waals surface area contributed by atoms with Crippen molar-refractivity contribution in [2.24, 2.45) is 0 Å². The fraction of sp³-hybridized carbons (Fsp3) is 0.318. The summed E-state index contributed by atoms with van der Waals surface area (Å²) in [7, 11) is 0. The third-order valence-electron chi connectivity index (χ3n) is 4.46. The molecule has 0 saturated carbocycles. The van der Waals surface area contributed by atoms with Crippen molar-refractivity contribution in [1.82, 2.24) is 9.27 Å². The van der Waals surface area contributed by atoms with E-state index in [0.29, 0.717) is 0 Å². The number of halogens is 1. The van der Waals surface area contributed by atoms with Crippen LogP contribution in [0.1, 0.15) is 25.3 Å². The van der Waals surface area contributed by atoms with Crippen molar-refractivity contribution in [3.63, 3.8) is 0 Å². The number of aromatic nitrogens is 1. The summed E-state index contributed by atoms with van der Waals surface area (Å²) < 4.78 is 6.88. The van der Waals surface area contributed by atoms with Gasteiger partial charge in [0.1, 0.15) is 0 Å². The molecule has 0 aliphatic carbocycles. The van der Waals surface area contributed by atoms with Crippen molar-refractivity contribution >= 4 is 37.5 Å². The summed E-state index contributed by atoms with van der Waals surface area (Å²) in [6.45, 7) is 5.03. The van der Waals surface area contributed by atoms with E-state index < -0.39 is 0 Å². The molecule has 1 aromatic heterocycles. The molecule has 0 atom stereocenters. The summed E-state index contributed by atoms with van der Waals surface area (Å²) in [5, 5.41) is 10.2. The van der Waals surface area contributed by atoms with Crippen LogP contribution in [0.3, 0.4) is 0 Å². The number of aliphatic hydroxyl groups excluding tert-OH is 1. The number of hydrogen-bond donors (Lipinski definition) is 1. The standard InChI is InChI=1S/C22H23BrN2OS/c1-2-25(14-15-26)13-5-3-4-6-17-7-12-20-21(16-17)27-24-22(20)18-8-10-19(23)11-9-18/h7-12,16,26H,2-3,5,13-15H2,1H3. The van der Waals surface area contributed by atoms with Crippen LogP contribution in [0.15, 0.2) is 46.9 Å². The molecule has 5 heteroatoms. The Morgan fingerprint density at radius 1 is 1.15 bits per heavy atom. The molecule has 0 aliphatic heterocycles. The first-order valence-corrected chi connectivity index (χ1v) is 10.8. The Morgan fingerprint density at radius 3 is 2.70 bits per heavy atom. The SMILES string of the molecule is CCN(CCO)CCCC#Cc1ccc2c(-c3ccc(Br)cc3)nsc2c1. The third-order valence-corrected chi connectivity index (χ3v) is 5.80. The Morgan fingerprint density at radius 2 is 1.96 bits per heavy atom. The van der Waals surface area contributed by atoms with Crippen molar-refractivity contribution in [2.75, 3.05) is 26.2 Å². The third kappa shape index (κ3) is 5.40. The molecule has 3 rings (SSSR count). The van der Waals surface area contributed by atoms with Crippen molar-refractivity contribution in [3.05, 3.63) is 52.5 Å². The predicted molar refractivity (Wildman–Crippen MR) is 118 cm³/mol. The number of nitrogens with zero attached hydrogens (tertiary/aromatic N) is 2. The molecule has 140 valence electrons. The summed E-state index contributed by atoms with van der Waals surface area (Å²) >= 11 is 5.00. The van der Waals surface area contributed by atoms with Crippen LogP contribution >= 0.6 is 27.5 Å².